The molecule has 0 bridgehead atoms. The van der Waals surface area contributed by atoms with Crippen molar-refractivity contribution < 1.29 is 8.42 Å². The van der Waals surface area contributed by atoms with Crippen LogP contribution in [0.25, 0.3) is 0 Å². The van der Waals surface area contributed by atoms with Gasteiger partial charge in [-0.1, -0.05) is 37.1 Å². The van der Waals surface area contributed by atoms with E-state index in [1.165, 1.54) is 36.6 Å². The van der Waals surface area contributed by atoms with Gasteiger partial charge in [-0.2, -0.15) is 0 Å². The molecule has 0 N–H and O–H groups in total. The average molecular weight is 276 g/mol. The van der Waals surface area contributed by atoms with Crippen molar-refractivity contribution in [3.8, 4) is 0 Å². The van der Waals surface area contributed by atoms with Crippen LogP contribution in [0.1, 0.15) is 42.7 Å². The Morgan fingerprint density at radius 1 is 1.16 bits per heavy atom. The molecule has 4 atom stereocenters. The molecule has 2 fully saturated rings. The van der Waals surface area contributed by atoms with Gasteiger partial charge in [-0.25, -0.2) is 8.42 Å². The molecule has 2 nitrogen and oxygen atoms in total. The highest BCUT2D eigenvalue weighted by atomic mass is 32.2. The van der Waals surface area contributed by atoms with E-state index in [4.69, 9.17) is 0 Å². The van der Waals surface area contributed by atoms with Gasteiger partial charge in [-0.15, -0.1) is 0 Å². The molecule has 0 spiro atoms. The summed E-state index contributed by atoms with van der Waals surface area (Å²) in [5.41, 5.74) is 2.61. The minimum absolute atomic E-state index is 0.281. The van der Waals surface area contributed by atoms with E-state index in [1.54, 1.807) is 0 Å². The third kappa shape index (κ3) is 1.30. The highest BCUT2D eigenvalue weighted by molar-refractivity contribution is 7.92. The van der Waals surface area contributed by atoms with E-state index in [0.29, 0.717) is 11.8 Å². The second kappa shape index (κ2) is 3.63. The van der Waals surface area contributed by atoms with E-state index in [0.717, 1.165) is 12.8 Å². The van der Waals surface area contributed by atoms with Gasteiger partial charge in [-0.05, 0) is 42.2 Å². The van der Waals surface area contributed by atoms with Crippen molar-refractivity contribution in [2.24, 2.45) is 11.8 Å². The lowest BCUT2D eigenvalue weighted by Gasteiger charge is -2.59. The Morgan fingerprint density at radius 3 is 2.68 bits per heavy atom. The smallest absolute Gasteiger partial charge is 0.154 e. The maximum absolute atomic E-state index is 12.5. The summed E-state index contributed by atoms with van der Waals surface area (Å²) in [6, 6.07) is 8.40. The standard InChI is InChI=1S/C16H20O2S/c1-19(17,18)16-10-11-6-2-3-7-12(11)15(16)13-8-4-5-9-14(13)16/h2-3,6-7,13-15H,4-5,8-10H2,1H3. The van der Waals surface area contributed by atoms with Gasteiger partial charge >= 0.3 is 0 Å². The maximum Gasteiger partial charge on any atom is 0.154 e. The average Bonchev–Trinajstić information content (AvgIpc) is 2.67. The number of benzene rings is 1. The van der Waals surface area contributed by atoms with E-state index in [-0.39, 0.29) is 5.92 Å². The van der Waals surface area contributed by atoms with Crippen LogP contribution < -0.4 is 0 Å². The first-order chi connectivity index (χ1) is 9.06. The summed E-state index contributed by atoms with van der Waals surface area (Å²) in [5, 5.41) is 0. The van der Waals surface area contributed by atoms with E-state index >= 15 is 0 Å². The van der Waals surface area contributed by atoms with Crippen molar-refractivity contribution in [2.45, 2.75) is 42.8 Å². The second-order valence-electron chi connectivity index (χ2n) is 6.64. The van der Waals surface area contributed by atoms with Crippen molar-refractivity contribution in [2.75, 3.05) is 6.26 Å². The van der Waals surface area contributed by atoms with Gasteiger partial charge in [0.15, 0.2) is 9.84 Å². The Balaban J connectivity index is 1.90. The van der Waals surface area contributed by atoms with E-state index < -0.39 is 14.6 Å². The van der Waals surface area contributed by atoms with Crippen molar-refractivity contribution >= 4 is 9.84 Å². The minimum Gasteiger partial charge on any atom is -0.229 e. The number of hydrogen-bond acceptors (Lipinski definition) is 2. The molecule has 0 aromatic heterocycles. The highest BCUT2D eigenvalue weighted by Gasteiger charge is 2.70. The summed E-state index contributed by atoms with van der Waals surface area (Å²) >= 11 is 0. The number of sulfone groups is 1. The summed E-state index contributed by atoms with van der Waals surface area (Å²) in [7, 11) is -3.00. The fourth-order valence-corrected chi connectivity index (χ4v) is 7.33. The fourth-order valence-electron chi connectivity index (χ4n) is 5.31. The summed E-state index contributed by atoms with van der Waals surface area (Å²) < 4.78 is 24.6. The number of fused-ring (bicyclic) bond motifs is 6. The summed E-state index contributed by atoms with van der Waals surface area (Å²) in [5.74, 6) is 1.31. The molecule has 1 aromatic carbocycles. The molecule has 0 aliphatic heterocycles. The van der Waals surface area contributed by atoms with E-state index in [1.807, 2.05) is 6.07 Å². The SMILES string of the molecule is CS(=O)(=O)C12Cc3ccccc3C1C1CCCCC12. The zero-order chi connectivity index (χ0) is 13.3. The summed E-state index contributed by atoms with van der Waals surface area (Å²) in [6.07, 6.45) is 7.05. The van der Waals surface area contributed by atoms with Crippen LogP contribution in [-0.4, -0.2) is 19.4 Å². The topological polar surface area (TPSA) is 34.1 Å². The molecule has 0 heterocycles. The predicted octanol–water partition coefficient (Wildman–Crippen LogP) is 2.93. The normalized spacial score (nSPS) is 39.9. The maximum atomic E-state index is 12.5. The molecular weight excluding hydrogens is 256 g/mol. The Hall–Kier alpha value is -0.830. The molecule has 4 unspecified atom stereocenters. The third-order valence-electron chi connectivity index (χ3n) is 5.95. The molecule has 19 heavy (non-hydrogen) atoms. The highest BCUT2D eigenvalue weighted by Crippen LogP contribution is 2.68. The van der Waals surface area contributed by atoms with Gasteiger partial charge in [0.05, 0.1) is 4.75 Å². The predicted molar refractivity (Wildman–Crippen MR) is 75.9 cm³/mol. The zero-order valence-corrected chi connectivity index (χ0v) is 12.1. The van der Waals surface area contributed by atoms with Crippen LogP contribution in [0, 0.1) is 11.8 Å². The Kier molecular flexibility index (Phi) is 2.28. The van der Waals surface area contributed by atoms with Crippen molar-refractivity contribution in [3.05, 3.63) is 35.4 Å². The lowest BCUT2D eigenvalue weighted by atomic mass is 9.51. The summed E-state index contributed by atoms with van der Waals surface area (Å²) in [4.78, 5) is 0. The number of rotatable bonds is 1. The largest absolute Gasteiger partial charge is 0.229 e. The first-order valence-electron chi connectivity index (χ1n) is 7.33. The molecule has 0 amide bonds. The molecule has 0 radical (unpaired) electrons. The van der Waals surface area contributed by atoms with Crippen LogP contribution in [-0.2, 0) is 16.3 Å². The van der Waals surface area contributed by atoms with Crippen LogP contribution in [0.4, 0.5) is 0 Å². The number of hydrogen-bond donors (Lipinski definition) is 0. The molecular formula is C16H20O2S. The fraction of sp³-hybridized carbons (Fsp3) is 0.625. The molecule has 102 valence electrons. The first-order valence-corrected chi connectivity index (χ1v) is 9.22. The minimum atomic E-state index is -3.00. The zero-order valence-electron chi connectivity index (χ0n) is 11.3. The first kappa shape index (κ1) is 12.0. The monoisotopic (exact) mass is 276 g/mol. The van der Waals surface area contributed by atoms with Crippen LogP contribution in [0.3, 0.4) is 0 Å². The van der Waals surface area contributed by atoms with Crippen LogP contribution in [0.2, 0.25) is 0 Å². The lowest BCUT2D eigenvalue weighted by Crippen LogP contribution is -2.64. The molecule has 1 aromatic rings. The third-order valence-corrected chi connectivity index (χ3v) is 8.03. The molecule has 3 aliphatic rings. The Morgan fingerprint density at radius 2 is 1.89 bits per heavy atom. The molecule has 3 heteroatoms. The van der Waals surface area contributed by atoms with Gasteiger partial charge in [0.25, 0.3) is 0 Å². The van der Waals surface area contributed by atoms with Crippen molar-refractivity contribution in [3.63, 3.8) is 0 Å². The quantitative estimate of drug-likeness (QED) is 0.790. The van der Waals surface area contributed by atoms with E-state index in [2.05, 4.69) is 18.2 Å². The van der Waals surface area contributed by atoms with Crippen molar-refractivity contribution in [1.82, 2.24) is 0 Å². The van der Waals surface area contributed by atoms with E-state index in [9.17, 15) is 8.42 Å². The molecule has 3 aliphatic carbocycles. The Bertz CT molecular complexity index is 634. The van der Waals surface area contributed by atoms with Crippen LogP contribution in [0.5, 0.6) is 0 Å². The molecule has 0 saturated heterocycles. The van der Waals surface area contributed by atoms with Gasteiger partial charge in [0, 0.05) is 12.2 Å². The lowest BCUT2D eigenvalue weighted by molar-refractivity contribution is 0.0289. The molecule has 2 saturated carbocycles. The van der Waals surface area contributed by atoms with Gasteiger partial charge in [0.1, 0.15) is 0 Å². The van der Waals surface area contributed by atoms with Gasteiger partial charge in [0.2, 0.25) is 0 Å². The second-order valence-corrected chi connectivity index (χ2v) is 8.94. The Labute approximate surface area is 115 Å². The summed E-state index contributed by atoms with van der Waals surface area (Å²) in [6.45, 7) is 0. The van der Waals surface area contributed by atoms with Crippen molar-refractivity contribution in [1.29, 1.82) is 0 Å². The van der Waals surface area contributed by atoms with Crippen LogP contribution >= 0.6 is 0 Å². The molecule has 4 rings (SSSR count). The van der Waals surface area contributed by atoms with Gasteiger partial charge in [-0.3, -0.25) is 0 Å². The van der Waals surface area contributed by atoms with Crippen LogP contribution in [0.15, 0.2) is 24.3 Å². The van der Waals surface area contributed by atoms with Gasteiger partial charge < -0.3 is 0 Å².